The maximum Gasteiger partial charge on any atom is 0.234 e. The van der Waals surface area contributed by atoms with Crippen LogP contribution in [0.5, 0.6) is 0 Å². The summed E-state index contributed by atoms with van der Waals surface area (Å²) in [6.45, 7) is 6.64. The molecule has 0 aromatic carbocycles. The number of amides is 1. The fraction of sp³-hybridized carbons (Fsp3) is 0.714. The Kier molecular flexibility index (Phi) is 13.1. The van der Waals surface area contributed by atoms with Gasteiger partial charge in [-0.15, -0.1) is 0 Å². The molecule has 0 fully saturated rings. The molecule has 0 saturated carbocycles. The summed E-state index contributed by atoms with van der Waals surface area (Å²) >= 11 is 0. The predicted octanol–water partition coefficient (Wildman–Crippen LogP) is 1.18. The van der Waals surface area contributed by atoms with E-state index in [1.165, 1.54) is 6.42 Å². The van der Waals surface area contributed by atoms with Crippen LogP contribution in [0.25, 0.3) is 0 Å². The van der Waals surface area contributed by atoms with Gasteiger partial charge in [0.15, 0.2) is 0 Å². The number of hydrogen-bond donors (Lipinski definition) is 1. The Balaban J connectivity index is 0. The molecule has 0 aromatic heterocycles. The molecule has 3 heteroatoms. The molecule has 10 heavy (non-hydrogen) atoms. The van der Waals surface area contributed by atoms with Crippen LogP contribution >= 0.6 is 0 Å². The molecule has 2 N–H and O–H groups in total. The molecule has 0 spiro atoms. The first-order valence-electron chi connectivity index (χ1n) is 3.36. The van der Waals surface area contributed by atoms with Gasteiger partial charge in [0.05, 0.1) is 6.34 Å². The Morgan fingerprint density at radius 3 is 2.00 bits per heavy atom. The van der Waals surface area contributed by atoms with Crippen LogP contribution in [0.1, 0.15) is 27.2 Å². The van der Waals surface area contributed by atoms with Crippen molar-refractivity contribution in [3.05, 3.63) is 0 Å². The van der Waals surface area contributed by atoms with Gasteiger partial charge in [0.2, 0.25) is 6.41 Å². The van der Waals surface area contributed by atoms with E-state index >= 15 is 0 Å². The molecule has 60 valence electrons. The van der Waals surface area contributed by atoms with Gasteiger partial charge in [-0.25, -0.2) is 4.99 Å². The number of carbonyl (C=O) groups is 1. The summed E-state index contributed by atoms with van der Waals surface area (Å²) in [5.41, 5.74) is 4.62. The van der Waals surface area contributed by atoms with E-state index in [1.54, 1.807) is 0 Å². The molecule has 1 amide bonds. The van der Waals surface area contributed by atoms with Crippen LogP contribution in [0.3, 0.4) is 0 Å². The normalized spacial score (nSPS) is 9.20. The number of hydrogen-bond acceptors (Lipinski definition) is 1. The Morgan fingerprint density at radius 2 is 2.00 bits per heavy atom. The van der Waals surface area contributed by atoms with E-state index in [9.17, 15) is 0 Å². The fourth-order valence-corrected chi connectivity index (χ4v) is 0.0351. The molecule has 0 aliphatic carbocycles. The highest BCUT2D eigenvalue weighted by Gasteiger charge is 1.80. The first kappa shape index (κ1) is 11.9. The first-order chi connectivity index (χ1) is 4.68. The Hall–Kier alpha value is -0.860. The van der Waals surface area contributed by atoms with E-state index in [-0.39, 0.29) is 0 Å². The lowest BCUT2D eigenvalue weighted by Crippen LogP contribution is -1.86. The van der Waals surface area contributed by atoms with Crippen LogP contribution in [0.4, 0.5) is 0 Å². The molecule has 0 atom stereocenters. The Labute approximate surface area is 62.3 Å². The van der Waals surface area contributed by atoms with Gasteiger partial charge in [-0.2, -0.15) is 0 Å². The second-order valence-electron chi connectivity index (χ2n) is 2.21. The standard InChI is InChI=1S/C5H12.C2H4N2O/c1-4-5(2)3;3-1-4-2-5/h5H,4H2,1-3H3;1-2H,(H2,3,4,5). The summed E-state index contributed by atoms with van der Waals surface area (Å²) in [5.74, 6) is 0.884. The maximum absolute atomic E-state index is 9.13. The molecule has 0 radical (unpaired) electrons. The number of nitrogens with zero attached hydrogens (tertiary/aromatic N) is 1. The lowest BCUT2D eigenvalue weighted by molar-refractivity contribution is -0.106. The van der Waals surface area contributed by atoms with Crippen LogP contribution in [0.15, 0.2) is 4.99 Å². The summed E-state index contributed by atoms with van der Waals surface area (Å²) in [6.07, 6.45) is 2.62. The van der Waals surface area contributed by atoms with Crippen molar-refractivity contribution in [3.63, 3.8) is 0 Å². The third kappa shape index (κ3) is 27.3. The highest BCUT2D eigenvalue weighted by atomic mass is 16.1. The zero-order valence-electron chi connectivity index (χ0n) is 6.87. The number of nitrogens with two attached hydrogens (primary N) is 1. The van der Waals surface area contributed by atoms with Crippen molar-refractivity contribution in [2.45, 2.75) is 27.2 Å². The second-order valence-corrected chi connectivity index (χ2v) is 2.21. The Morgan fingerprint density at radius 1 is 1.60 bits per heavy atom. The SMILES string of the molecule is CCC(C)C.NC=NC=O. The van der Waals surface area contributed by atoms with Crippen LogP contribution < -0.4 is 5.73 Å². The predicted molar refractivity (Wildman–Crippen MR) is 43.9 cm³/mol. The second kappa shape index (κ2) is 11.0. The van der Waals surface area contributed by atoms with Gasteiger partial charge in [0.1, 0.15) is 0 Å². The topological polar surface area (TPSA) is 55.4 Å². The summed E-state index contributed by atoms with van der Waals surface area (Å²) in [7, 11) is 0. The largest absolute Gasteiger partial charge is 0.390 e. The molecule has 0 saturated heterocycles. The monoisotopic (exact) mass is 144 g/mol. The van der Waals surface area contributed by atoms with Crippen molar-refractivity contribution in [1.82, 2.24) is 0 Å². The van der Waals surface area contributed by atoms with Crippen molar-refractivity contribution in [2.75, 3.05) is 0 Å². The van der Waals surface area contributed by atoms with Crippen LogP contribution in [0, 0.1) is 5.92 Å². The van der Waals surface area contributed by atoms with Crippen LogP contribution in [-0.4, -0.2) is 12.7 Å². The van der Waals surface area contributed by atoms with Crippen molar-refractivity contribution >= 4 is 12.7 Å². The number of carbonyl (C=O) groups excluding carboxylic acids is 1. The number of aliphatic imine (C=N–C) groups is 1. The third-order valence-electron chi connectivity index (χ3n) is 0.963. The van der Waals surface area contributed by atoms with Crippen LogP contribution in [-0.2, 0) is 4.79 Å². The quantitative estimate of drug-likeness (QED) is 0.359. The molecule has 0 rings (SSSR count). The summed E-state index contributed by atoms with van der Waals surface area (Å²) in [6, 6.07) is 0. The molecule has 0 aromatic rings. The highest BCUT2D eigenvalue weighted by molar-refractivity contribution is 5.65. The maximum atomic E-state index is 9.13. The van der Waals surface area contributed by atoms with Gasteiger partial charge in [0, 0.05) is 0 Å². The van der Waals surface area contributed by atoms with Gasteiger partial charge < -0.3 is 5.73 Å². The van der Waals surface area contributed by atoms with E-state index in [2.05, 4.69) is 31.5 Å². The summed E-state index contributed by atoms with van der Waals surface area (Å²) < 4.78 is 0. The molecule has 3 nitrogen and oxygen atoms in total. The third-order valence-corrected chi connectivity index (χ3v) is 0.963. The minimum Gasteiger partial charge on any atom is -0.390 e. The first-order valence-corrected chi connectivity index (χ1v) is 3.36. The molecular weight excluding hydrogens is 128 g/mol. The van der Waals surface area contributed by atoms with Crippen molar-refractivity contribution in [3.8, 4) is 0 Å². The van der Waals surface area contributed by atoms with E-state index in [4.69, 9.17) is 4.79 Å². The lowest BCUT2D eigenvalue weighted by Gasteiger charge is -1.90. The average molecular weight is 144 g/mol. The van der Waals surface area contributed by atoms with Crippen molar-refractivity contribution in [2.24, 2.45) is 16.6 Å². The molecule has 0 unspecified atom stereocenters. The van der Waals surface area contributed by atoms with E-state index in [1.807, 2.05) is 0 Å². The average Bonchev–Trinajstić information content (AvgIpc) is 1.91. The minimum absolute atomic E-state index is 0.375. The lowest BCUT2D eigenvalue weighted by atomic mass is 10.2. The van der Waals surface area contributed by atoms with Gasteiger partial charge in [-0.05, 0) is 5.92 Å². The minimum atomic E-state index is 0.375. The van der Waals surface area contributed by atoms with Gasteiger partial charge in [-0.3, -0.25) is 4.79 Å². The summed E-state index contributed by atoms with van der Waals surface area (Å²) in [5, 5.41) is 0. The van der Waals surface area contributed by atoms with Gasteiger partial charge in [-0.1, -0.05) is 27.2 Å². The smallest absolute Gasteiger partial charge is 0.234 e. The highest BCUT2D eigenvalue weighted by Crippen LogP contribution is 1.93. The van der Waals surface area contributed by atoms with Gasteiger partial charge in [0.25, 0.3) is 0 Å². The van der Waals surface area contributed by atoms with Crippen LogP contribution in [0.2, 0.25) is 0 Å². The molecule has 0 aliphatic heterocycles. The molecular formula is C7H16N2O. The zero-order chi connectivity index (χ0) is 8.41. The summed E-state index contributed by atoms with van der Waals surface area (Å²) in [4.78, 5) is 12.1. The molecule has 0 aliphatic rings. The van der Waals surface area contributed by atoms with Gasteiger partial charge >= 0.3 is 0 Å². The van der Waals surface area contributed by atoms with E-state index in [0.29, 0.717) is 6.41 Å². The van der Waals surface area contributed by atoms with E-state index in [0.717, 1.165) is 12.3 Å². The van der Waals surface area contributed by atoms with Crippen molar-refractivity contribution in [1.29, 1.82) is 0 Å². The number of rotatable bonds is 2. The molecule has 0 bridgehead atoms. The zero-order valence-corrected chi connectivity index (χ0v) is 6.87. The molecule has 0 heterocycles. The Bertz CT molecular complexity index is 89.6. The van der Waals surface area contributed by atoms with E-state index < -0.39 is 0 Å². The fourth-order valence-electron chi connectivity index (χ4n) is 0.0351. The van der Waals surface area contributed by atoms with Crippen molar-refractivity contribution < 1.29 is 4.79 Å².